The minimum absolute atomic E-state index is 0.150. The van der Waals surface area contributed by atoms with Crippen LogP contribution in [0, 0.1) is 0 Å². The standard InChI is InChI=1S/C24H21ClN6O/c25-20-4-2-1-3-18(20)23-22(14-32)30-8-6-21-19(24(30)29-23)9-15(10-27-21)16-11-28-31(13-16)17-5-7-26-12-17/h1-4,6,8-11,13,17,26,32H,5,7,12,14H2. The van der Waals surface area contributed by atoms with Gasteiger partial charge in [-0.3, -0.25) is 9.67 Å². The molecule has 0 radical (unpaired) electrons. The van der Waals surface area contributed by atoms with Crippen molar-refractivity contribution in [2.75, 3.05) is 13.1 Å². The smallest absolute Gasteiger partial charge is 0.147 e. The zero-order valence-electron chi connectivity index (χ0n) is 17.2. The molecule has 5 aromatic rings. The Morgan fingerprint density at radius 3 is 2.88 bits per heavy atom. The fourth-order valence-corrected chi connectivity index (χ4v) is 4.70. The molecule has 1 fully saturated rings. The summed E-state index contributed by atoms with van der Waals surface area (Å²) < 4.78 is 3.95. The molecule has 0 saturated carbocycles. The van der Waals surface area contributed by atoms with E-state index in [1.165, 1.54) is 0 Å². The molecule has 1 saturated heterocycles. The van der Waals surface area contributed by atoms with E-state index in [9.17, 15) is 5.11 Å². The van der Waals surface area contributed by atoms with Crippen LogP contribution in [0.4, 0.5) is 0 Å². The van der Waals surface area contributed by atoms with Crippen molar-refractivity contribution in [3.05, 3.63) is 71.9 Å². The van der Waals surface area contributed by atoms with Crippen LogP contribution >= 0.6 is 11.6 Å². The van der Waals surface area contributed by atoms with Crippen LogP contribution in [0.2, 0.25) is 5.02 Å². The number of aliphatic hydroxyl groups is 1. The first-order chi connectivity index (χ1) is 15.7. The molecule has 1 unspecified atom stereocenters. The Balaban J connectivity index is 1.51. The summed E-state index contributed by atoms with van der Waals surface area (Å²) in [7, 11) is 0. The van der Waals surface area contributed by atoms with E-state index in [1.807, 2.05) is 58.0 Å². The van der Waals surface area contributed by atoms with Crippen molar-refractivity contribution < 1.29 is 5.11 Å². The lowest BCUT2D eigenvalue weighted by Crippen LogP contribution is -2.13. The van der Waals surface area contributed by atoms with Crippen LogP contribution in [0.5, 0.6) is 0 Å². The van der Waals surface area contributed by atoms with Crippen LogP contribution < -0.4 is 5.32 Å². The molecule has 1 aromatic carbocycles. The summed E-state index contributed by atoms with van der Waals surface area (Å²) in [6.07, 6.45) is 8.83. The van der Waals surface area contributed by atoms with Gasteiger partial charge in [-0.05, 0) is 31.2 Å². The van der Waals surface area contributed by atoms with Crippen LogP contribution in [0.3, 0.4) is 0 Å². The minimum Gasteiger partial charge on any atom is -0.390 e. The summed E-state index contributed by atoms with van der Waals surface area (Å²) in [6, 6.07) is 12.0. The predicted octanol–water partition coefficient (Wildman–Crippen LogP) is 4.09. The number of nitrogens with zero attached hydrogens (tertiary/aromatic N) is 5. The highest BCUT2D eigenvalue weighted by Gasteiger charge is 2.19. The van der Waals surface area contributed by atoms with Gasteiger partial charge in [-0.2, -0.15) is 5.10 Å². The number of nitrogens with one attached hydrogen (secondary N) is 1. The monoisotopic (exact) mass is 444 g/mol. The Morgan fingerprint density at radius 1 is 1.16 bits per heavy atom. The van der Waals surface area contributed by atoms with Crippen molar-refractivity contribution in [1.29, 1.82) is 0 Å². The van der Waals surface area contributed by atoms with Gasteiger partial charge >= 0.3 is 0 Å². The van der Waals surface area contributed by atoms with E-state index in [1.54, 1.807) is 0 Å². The SMILES string of the molecule is OCc1c(-c2ccccc2Cl)nc2c3cc(-c4cnn(C5CCNC5)c4)cnc3ccn12. The predicted molar refractivity (Wildman–Crippen MR) is 125 cm³/mol. The number of aliphatic hydroxyl groups excluding tert-OH is 1. The van der Waals surface area contributed by atoms with E-state index in [0.29, 0.717) is 22.5 Å². The second kappa shape index (κ2) is 7.70. The molecule has 0 amide bonds. The Kier molecular flexibility index (Phi) is 4.68. The van der Waals surface area contributed by atoms with Gasteiger partial charge in [0.15, 0.2) is 0 Å². The summed E-state index contributed by atoms with van der Waals surface area (Å²) in [6.45, 7) is 1.82. The van der Waals surface area contributed by atoms with Crippen molar-refractivity contribution in [2.45, 2.75) is 19.1 Å². The Bertz CT molecular complexity index is 1450. The Hall–Kier alpha value is -3.26. The number of fused-ring (bicyclic) bond motifs is 3. The third-order valence-corrected chi connectivity index (χ3v) is 6.50. The molecule has 1 atom stereocenters. The molecule has 4 aromatic heterocycles. The van der Waals surface area contributed by atoms with Crippen molar-refractivity contribution in [1.82, 2.24) is 29.5 Å². The molecule has 32 heavy (non-hydrogen) atoms. The summed E-state index contributed by atoms with van der Waals surface area (Å²) in [5.41, 5.74) is 5.76. The molecule has 8 heteroatoms. The molecule has 7 nitrogen and oxygen atoms in total. The number of benzene rings is 1. The molecule has 6 rings (SSSR count). The third-order valence-electron chi connectivity index (χ3n) is 6.17. The van der Waals surface area contributed by atoms with Crippen molar-refractivity contribution >= 4 is 28.2 Å². The van der Waals surface area contributed by atoms with Gasteiger partial charge in [-0.15, -0.1) is 0 Å². The summed E-state index contributed by atoms with van der Waals surface area (Å²) in [4.78, 5) is 9.57. The van der Waals surface area contributed by atoms with Gasteiger partial charge in [0.1, 0.15) is 5.65 Å². The van der Waals surface area contributed by atoms with E-state index in [2.05, 4.69) is 27.7 Å². The van der Waals surface area contributed by atoms with Crippen LogP contribution in [0.15, 0.2) is 61.2 Å². The first kappa shape index (κ1) is 19.4. The van der Waals surface area contributed by atoms with Gasteiger partial charge in [0.25, 0.3) is 0 Å². The largest absolute Gasteiger partial charge is 0.390 e. The number of aromatic nitrogens is 5. The third kappa shape index (κ3) is 3.09. The number of pyridine rings is 2. The van der Waals surface area contributed by atoms with E-state index in [0.717, 1.165) is 52.8 Å². The van der Waals surface area contributed by atoms with E-state index in [4.69, 9.17) is 16.6 Å². The van der Waals surface area contributed by atoms with Crippen LogP contribution in [-0.4, -0.2) is 42.3 Å². The molecule has 0 spiro atoms. The van der Waals surface area contributed by atoms with Gasteiger partial charge < -0.3 is 14.8 Å². The maximum atomic E-state index is 10.1. The average molecular weight is 445 g/mol. The van der Waals surface area contributed by atoms with Crippen molar-refractivity contribution in [2.24, 2.45) is 0 Å². The molecular formula is C24H21ClN6O. The van der Waals surface area contributed by atoms with Gasteiger partial charge in [-0.25, -0.2) is 4.98 Å². The quantitative estimate of drug-likeness (QED) is 0.436. The van der Waals surface area contributed by atoms with E-state index >= 15 is 0 Å². The number of rotatable bonds is 4. The number of halogens is 1. The highest BCUT2D eigenvalue weighted by Crippen LogP contribution is 2.33. The van der Waals surface area contributed by atoms with Gasteiger partial charge in [0.2, 0.25) is 0 Å². The molecule has 1 aliphatic heterocycles. The summed E-state index contributed by atoms with van der Waals surface area (Å²) >= 11 is 6.44. The Morgan fingerprint density at radius 2 is 2.06 bits per heavy atom. The van der Waals surface area contributed by atoms with Crippen molar-refractivity contribution in [3.8, 4) is 22.4 Å². The maximum absolute atomic E-state index is 10.1. The van der Waals surface area contributed by atoms with Crippen LogP contribution in [0.25, 0.3) is 38.9 Å². The molecule has 0 aliphatic carbocycles. The zero-order chi connectivity index (χ0) is 21.7. The highest BCUT2D eigenvalue weighted by atomic mass is 35.5. The van der Waals surface area contributed by atoms with Crippen molar-refractivity contribution in [3.63, 3.8) is 0 Å². The lowest BCUT2D eigenvalue weighted by molar-refractivity contribution is 0.276. The number of hydrogen-bond acceptors (Lipinski definition) is 5. The molecule has 2 N–H and O–H groups in total. The van der Waals surface area contributed by atoms with Crippen LogP contribution in [0.1, 0.15) is 18.2 Å². The first-order valence-corrected chi connectivity index (χ1v) is 11.0. The summed E-state index contributed by atoms with van der Waals surface area (Å²) in [5, 5.41) is 19.6. The van der Waals surface area contributed by atoms with Gasteiger partial charge in [0.05, 0.1) is 40.8 Å². The normalized spacial score (nSPS) is 16.4. The molecule has 0 bridgehead atoms. The topological polar surface area (TPSA) is 80.3 Å². The minimum atomic E-state index is -0.150. The second-order valence-electron chi connectivity index (χ2n) is 8.07. The Labute approximate surface area is 189 Å². The molecule has 1 aliphatic rings. The van der Waals surface area contributed by atoms with Gasteiger partial charge in [0, 0.05) is 47.2 Å². The highest BCUT2D eigenvalue weighted by molar-refractivity contribution is 6.33. The lowest BCUT2D eigenvalue weighted by Gasteiger charge is -2.08. The fourth-order valence-electron chi connectivity index (χ4n) is 4.48. The summed E-state index contributed by atoms with van der Waals surface area (Å²) in [5.74, 6) is 0. The maximum Gasteiger partial charge on any atom is 0.147 e. The number of hydrogen-bond donors (Lipinski definition) is 2. The molecular weight excluding hydrogens is 424 g/mol. The van der Waals surface area contributed by atoms with Crippen LogP contribution in [-0.2, 0) is 6.61 Å². The number of imidazole rings is 1. The first-order valence-electron chi connectivity index (χ1n) is 10.6. The zero-order valence-corrected chi connectivity index (χ0v) is 18.0. The molecule has 160 valence electrons. The molecule has 5 heterocycles. The average Bonchev–Trinajstić information content (AvgIpc) is 3.58. The lowest BCUT2D eigenvalue weighted by atomic mass is 10.1. The van der Waals surface area contributed by atoms with E-state index < -0.39 is 0 Å². The van der Waals surface area contributed by atoms with E-state index in [-0.39, 0.29) is 6.61 Å². The second-order valence-corrected chi connectivity index (χ2v) is 8.47. The fraction of sp³-hybridized carbons (Fsp3) is 0.208. The van der Waals surface area contributed by atoms with Gasteiger partial charge in [-0.1, -0.05) is 29.8 Å².